The van der Waals surface area contributed by atoms with Gasteiger partial charge in [-0.15, -0.1) is 0 Å². The van der Waals surface area contributed by atoms with Crippen molar-refractivity contribution >= 4 is 23.4 Å². The number of carbonyl (C=O) groups is 1. The molecular weight excluding hydrogens is 238 g/mol. The van der Waals surface area contributed by atoms with Crippen LogP contribution in [-0.4, -0.2) is 22.4 Å². The number of furan rings is 1. The van der Waals surface area contributed by atoms with Gasteiger partial charge in [-0.2, -0.15) is 0 Å². The molecular formula is C12H15NO3S. The van der Waals surface area contributed by atoms with E-state index in [2.05, 4.69) is 5.32 Å². The Morgan fingerprint density at radius 1 is 1.41 bits per heavy atom. The molecule has 2 N–H and O–H groups in total. The molecule has 0 saturated heterocycles. The van der Waals surface area contributed by atoms with Crippen LogP contribution in [-0.2, 0) is 0 Å². The first-order valence-electron chi connectivity index (χ1n) is 5.99. The Kier molecular flexibility index (Phi) is 2.58. The molecule has 0 atom stereocenters. The summed E-state index contributed by atoms with van der Waals surface area (Å²) in [6, 6.07) is 1.58. The van der Waals surface area contributed by atoms with E-state index in [0.717, 1.165) is 17.3 Å². The SMILES string of the molecule is O=C(O)c1cc2c(o1)SC1(CCCCC1)CN2. The number of fused-ring (bicyclic) bond motifs is 1. The van der Waals surface area contributed by atoms with Gasteiger partial charge in [-0.1, -0.05) is 31.0 Å². The smallest absolute Gasteiger partial charge is 0.371 e. The largest absolute Gasteiger partial charge is 0.475 e. The molecule has 2 heterocycles. The fourth-order valence-electron chi connectivity index (χ4n) is 2.64. The first-order valence-corrected chi connectivity index (χ1v) is 6.80. The summed E-state index contributed by atoms with van der Waals surface area (Å²) in [7, 11) is 0. The summed E-state index contributed by atoms with van der Waals surface area (Å²) >= 11 is 1.73. The molecule has 1 aliphatic carbocycles. The van der Waals surface area contributed by atoms with Crippen molar-refractivity contribution in [2.75, 3.05) is 11.9 Å². The van der Waals surface area contributed by atoms with Crippen molar-refractivity contribution in [3.63, 3.8) is 0 Å². The molecule has 0 radical (unpaired) electrons. The van der Waals surface area contributed by atoms with E-state index in [4.69, 9.17) is 9.52 Å². The fourth-order valence-corrected chi connectivity index (χ4v) is 4.05. The van der Waals surface area contributed by atoms with Crippen molar-refractivity contribution in [3.8, 4) is 0 Å². The van der Waals surface area contributed by atoms with E-state index >= 15 is 0 Å². The zero-order valence-electron chi connectivity index (χ0n) is 9.49. The van der Waals surface area contributed by atoms with Gasteiger partial charge in [0.25, 0.3) is 0 Å². The monoisotopic (exact) mass is 253 g/mol. The molecule has 0 aromatic carbocycles. The van der Waals surface area contributed by atoms with Gasteiger partial charge in [0, 0.05) is 17.4 Å². The van der Waals surface area contributed by atoms with Crippen LogP contribution in [0.5, 0.6) is 0 Å². The van der Waals surface area contributed by atoms with Crippen molar-refractivity contribution in [1.82, 2.24) is 0 Å². The molecule has 4 nitrogen and oxygen atoms in total. The number of nitrogens with one attached hydrogen (secondary N) is 1. The zero-order valence-corrected chi connectivity index (χ0v) is 10.3. The molecule has 1 aromatic heterocycles. The van der Waals surface area contributed by atoms with E-state index in [9.17, 15) is 4.79 Å². The van der Waals surface area contributed by atoms with Crippen LogP contribution in [0.2, 0.25) is 0 Å². The third kappa shape index (κ3) is 1.92. The van der Waals surface area contributed by atoms with E-state index in [1.807, 2.05) is 0 Å². The molecule has 0 unspecified atom stereocenters. The minimum Gasteiger partial charge on any atom is -0.475 e. The van der Waals surface area contributed by atoms with Gasteiger partial charge < -0.3 is 14.8 Å². The number of thioether (sulfide) groups is 1. The molecule has 17 heavy (non-hydrogen) atoms. The van der Waals surface area contributed by atoms with Crippen LogP contribution in [0.3, 0.4) is 0 Å². The van der Waals surface area contributed by atoms with Crippen LogP contribution >= 0.6 is 11.8 Å². The zero-order chi connectivity index (χ0) is 11.9. The molecule has 1 aliphatic heterocycles. The van der Waals surface area contributed by atoms with E-state index < -0.39 is 5.97 Å². The molecule has 0 bridgehead atoms. The molecule has 1 saturated carbocycles. The highest BCUT2D eigenvalue weighted by atomic mass is 32.2. The van der Waals surface area contributed by atoms with Crippen LogP contribution < -0.4 is 5.32 Å². The van der Waals surface area contributed by atoms with Crippen molar-refractivity contribution < 1.29 is 14.3 Å². The highest BCUT2D eigenvalue weighted by molar-refractivity contribution is 8.00. The number of hydrogen-bond donors (Lipinski definition) is 2. The van der Waals surface area contributed by atoms with Gasteiger partial charge in [-0.25, -0.2) is 4.79 Å². The van der Waals surface area contributed by atoms with Crippen molar-refractivity contribution in [1.29, 1.82) is 0 Å². The van der Waals surface area contributed by atoms with Crippen molar-refractivity contribution in [2.45, 2.75) is 41.9 Å². The summed E-state index contributed by atoms with van der Waals surface area (Å²) < 4.78 is 5.62. The second-order valence-electron chi connectivity index (χ2n) is 4.82. The number of hydrogen-bond acceptors (Lipinski definition) is 4. The molecule has 2 aliphatic rings. The lowest BCUT2D eigenvalue weighted by atomic mass is 9.88. The van der Waals surface area contributed by atoms with Crippen molar-refractivity contribution in [2.24, 2.45) is 0 Å². The van der Waals surface area contributed by atoms with Crippen LogP contribution in [0.4, 0.5) is 5.69 Å². The standard InChI is InChI=1S/C12H15NO3S/c14-10(15)9-6-8-11(16-9)17-12(7-13-8)4-2-1-3-5-12/h6,13H,1-5,7H2,(H,14,15). The maximum atomic E-state index is 10.9. The van der Waals surface area contributed by atoms with E-state index in [1.165, 1.54) is 32.1 Å². The summed E-state index contributed by atoms with van der Waals surface area (Å²) in [5.41, 5.74) is 0.837. The minimum absolute atomic E-state index is 0.0304. The molecule has 5 heteroatoms. The number of aromatic carboxylic acids is 1. The Labute approximate surface area is 104 Å². The predicted molar refractivity (Wildman–Crippen MR) is 65.8 cm³/mol. The van der Waals surface area contributed by atoms with Crippen LogP contribution in [0.1, 0.15) is 42.7 Å². The second kappa shape index (κ2) is 3.98. The highest BCUT2D eigenvalue weighted by Crippen LogP contribution is 2.49. The number of carboxylic acid groups (broad SMARTS) is 1. The number of anilines is 1. The minimum atomic E-state index is -1.00. The van der Waals surface area contributed by atoms with Gasteiger partial charge >= 0.3 is 5.97 Å². The maximum Gasteiger partial charge on any atom is 0.371 e. The molecule has 1 aromatic rings. The first kappa shape index (κ1) is 11.0. The van der Waals surface area contributed by atoms with Crippen LogP contribution in [0.25, 0.3) is 0 Å². The van der Waals surface area contributed by atoms with Gasteiger partial charge in [-0.3, -0.25) is 0 Å². The molecule has 3 rings (SSSR count). The molecule has 1 spiro atoms. The molecule has 0 amide bonds. The third-order valence-electron chi connectivity index (χ3n) is 3.58. The Morgan fingerprint density at radius 2 is 2.18 bits per heavy atom. The van der Waals surface area contributed by atoms with Crippen molar-refractivity contribution in [3.05, 3.63) is 11.8 Å². The first-order chi connectivity index (χ1) is 8.19. The number of carboxylic acids is 1. The summed E-state index contributed by atoms with van der Waals surface area (Å²) in [6.45, 7) is 0.920. The van der Waals surface area contributed by atoms with Gasteiger partial charge in [0.1, 0.15) is 0 Å². The van der Waals surface area contributed by atoms with E-state index in [1.54, 1.807) is 17.8 Å². The summed E-state index contributed by atoms with van der Waals surface area (Å²) in [5.74, 6) is -0.970. The van der Waals surface area contributed by atoms with Gasteiger partial charge in [-0.05, 0) is 12.8 Å². The topological polar surface area (TPSA) is 62.5 Å². The summed E-state index contributed by atoms with van der Waals surface area (Å²) in [4.78, 5) is 10.9. The van der Waals surface area contributed by atoms with Crippen LogP contribution in [0, 0.1) is 0 Å². The Balaban J connectivity index is 1.86. The predicted octanol–water partition coefficient (Wildman–Crippen LogP) is 3.20. The lowest BCUT2D eigenvalue weighted by Gasteiger charge is -2.39. The summed E-state index contributed by atoms with van der Waals surface area (Å²) in [5, 5.41) is 13.0. The van der Waals surface area contributed by atoms with E-state index in [0.29, 0.717) is 0 Å². The van der Waals surface area contributed by atoms with Gasteiger partial charge in [0.05, 0.1) is 5.69 Å². The third-order valence-corrected chi connectivity index (χ3v) is 5.06. The normalized spacial score (nSPS) is 21.9. The Morgan fingerprint density at radius 3 is 2.88 bits per heavy atom. The lowest BCUT2D eigenvalue weighted by Crippen LogP contribution is -2.37. The van der Waals surface area contributed by atoms with Crippen LogP contribution in [0.15, 0.2) is 15.6 Å². The fraction of sp³-hybridized carbons (Fsp3) is 0.583. The quantitative estimate of drug-likeness (QED) is 0.804. The average Bonchev–Trinajstić information content (AvgIpc) is 2.73. The molecule has 92 valence electrons. The Bertz CT molecular complexity index is 449. The Hall–Kier alpha value is -1.10. The average molecular weight is 253 g/mol. The highest BCUT2D eigenvalue weighted by Gasteiger charge is 2.38. The van der Waals surface area contributed by atoms with E-state index in [-0.39, 0.29) is 10.5 Å². The summed E-state index contributed by atoms with van der Waals surface area (Å²) in [6.07, 6.45) is 6.21. The molecule has 1 fully saturated rings. The lowest BCUT2D eigenvalue weighted by molar-refractivity contribution is 0.0656. The van der Waals surface area contributed by atoms with Gasteiger partial charge in [0.15, 0.2) is 5.09 Å². The second-order valence-corrected chi connectivity index (χ2v) is 6.26. The van der Waals surface area contributed by atoms with Gasteiger partial charge in [0.2, 0.25) is 5.76 Å². The number of rotatable bonds is 1. The maximum absolute atomic E-state index is 10.9.